The maximum absolute atomic E-state index is 13.3. The first kappa shape index (κ1) is 28.6. The van der Waals surface area contributed by atoms with Crippen molar-refractivity contribution in [3.8, 4) is 11.5 Å². The summed E-state index contributed by atoms with van der Waals surface area (Å²) in [7, 11) is 0. The summed E-state index contributed by atoms with van der Waals surface area (Å²) in [6, 6.07) is 12.8. The quantitative estimate of drug-likeness (QED) is 0.104. The molecule has 2 heterocycles. The van der Waals surface area contributed by atoms with Crippen molar-refractivity contribution in [2.75, 3.05) is 25.1 Å². The number of esters is 1. The molecule has 1 N–H and O–H groups in total. The Hall–Kier alpha value is -3.43. The van der Waals surface area contributed by atoms with Crippen molar-refractivity contribution in [3.05, 3.63) is 82.5 Å². The lowest BCUT2D eigenvalue weighted by Gasteiger charge is -2.28. The van der Waals surface area contributed by atoms with Gasteiger partial charge in [-0.1, -0.05) is 73.6 Å². The highest BCUT2D eigenvalue weighted by molar-refractivity contribution is 7.98. The number of nitrogens with one attached hydrogen (secondary N) is 1. The Morgan fingerprint density at radius 3 is 2.77 bits per heavy atom. The number of halogens is 1. The van der Waals surface area contributed by atoms with E-state index in [-0.39, 0.29) is 6.61 Å². The van der Waals surface area contributed by atoms with E-state index < -0.39 is 12.0 Å². The number of aromatic nitrogens is 3. The van der Waals surface area contributed by atoms with Gasteiger partial charge in [0.05, 0.1) is 18.8 Å². The Bertz CT molecular complexity index is 1360. The molecule has 1 atom stereocenters. The van der Waals surface area contributed by atoms with Crippen molar-refractivity contribution < 1.29 is 19.0 Å². The largest absolute Gasteiger partial charge is 0.490 e. The molecule has 1 aliphatic rings. The predicted octanol–water partition coefficient (Wildman–Crippen LogP) is 6.82. The lowest BCUT2D eigenvalue weighted by Crippen LogP contribution is -2.29. The summed E-state index contributed by atoms with van der Waals surface area (Å²) in [5.74, 6) is 1.94. The molecule has 0 spiro atoms. The average molecular weight is 569 g/mol. The Balaban J connectivity index is 1.72. The molecule has 10 heteroatoms. The summed E-state index contributed by atoms with van der Waals surface area (Å²) in [6.07, 6.45) is 3.52. The van der Waals surface area contributed by atoms with Crippen LogP contribution in [0.2, 0.25) is 5.02 Å². The van der Waals surface area contributed by atoms with Gasteiger partial charge in [0.1, 0.15) is 12.6 Å². The number of carbonyl (C=O) groups is 1. The van der Waals surface area contributed by atoms with Crippen LogP contribution in [0.1, 0.15) is 50.8 Å². The van der Waals surface area contributed by atoms with Crippen LogP contribution in [0.15, 0.2) is 71.5 Å². The first-order valence-corrected chi connectivity index (χ1v) is 14.3. The lowest BCUT2D eigenvalue weighted by molar-refractivity contribution is -0.138. The smallest absolute Gasteiger partial charge is 0.338 e. The minimum Gasteiger partial charge on any atom is -0.490 e. The molecule has 1 aromatic heterocycles. The summed E-state index contributed by atoms with van der Waals surface area (Å²) in [6.45, 7) is 10.7. The van der Waals surface area contributed by atoms with Crippen LogP contribution in [0.25, 0.3) is 0 Å². The molecule has 0 radical (unpaired) electrons. The fraction of sp³-hybridized carbons (Fsp3) is 0.345. The molecule has 2 aromatic carbocycles. The number of nitrogens with zero attached hydrogens (tertiary/aromatic N) is 3. The summed E-state index contributed by atoms with van der Waals surface area (Å²) in [5, 5.41) is 9.27. The third-order valence-corrected chi connectivity index (χ3v) is 7.29. The van der Waals surface area contributed by atoms with Gasteiger partial charge in [0.15, 0.2) is 11.5 Å². The maximum atomic E-state index is 13.3. The third-order valence-electron chi connectivity index (χ3n) is 6.04. The molecule has 0 saturated carbocycles. The zero-order valence-corrected chi connectivity index (χ0v) is 24.0. The van der Waals surface area contributed by atoms with Gasteiger partial charge < -0.3 is 19.5 Å². The molecule has 0 saturated heterocycles. The van der Waals surface area contributed by atoms with Gasteiger partial charge in [-0.3, -0.25) is 0 Å². The van der Waals surface area contributed by atoms with E-state index >= 15 is 0 Å². The monoisotopic (exact) mass is 568 g/mol. The Labute approximate surface area is 238 Å². The van der Waals surface area contributed by atoms with Crippen LogP contribution in [0.5, 0.6) is 11.5 Å². The molecular formula is C29H33ClN4O4S. The molecule has 3 aromatic rings. The number of hydrogen-bond donors (Lipinski definition) is 1. The van der Waals surface area contributed by atoms with Crippen LogP contribution in [-0.4, -0.2) is 40.6 Å². The van der Waals surface area contributed by atoms with Crippen molar-refractivity contribution in [2.24, 2.45) is 0 Å². The number of thioether (sulfide) groups is 1. The van der Waals surface area contributed by atoms with Gasteiger partial charge in [-0.15, -0.1) is 5.10 Å². The van der Waals surface area contributed by atoms with E-state index in [1.54, 1.807) is 10.8 Å². The zero-order chi connectivity index (χ0) is 27.8. The SMILES string of the molecule is C=CCOC(=O)C1=C(C)Nc2nc(SCc3ccccc3Cl)nn2C1c1ccc(OCCCC)c(OCC)c1. The Morgan fingerprint density at radius 2 is 2.03 bits per heavy atom. The number of carbonyl (C=O) groups excluding carboxylic acids is 1. The number of anilines is 1. The van der Waals surface area contributed by atoms with Gasteiger partial charge in [-0.05, 0) is 49.6 Å². The van der Waals surface area contributed by atoms with E-state index in [0.29, 0.717) is 57.9 Å². The minimum absolute atomic E-state index is 0.0971. The molecule has 0 aliphatic carbocycles. The molecule has 8 nitrogen and oxygen atoms in total. The number of ether oxygens (including phenoxy) is 3. The number of unbranched alkanes of at least 4 members (excludes halogenated alkanes) is 1. The van der Waals surface area contributed by atoms with Crippen molar-refractivity contribution >= 4 is 35.3 Å². The highest BCUT2D eigenvalue weighted by Gasteiger charge is 2.35. The van der Waals surface area contributed by atoms with Crippen molar-refractivity contribution in [1.82, 2.24) is 14.8 Å². The van der Waals surface area contributed by atoms with Crippen molar-refractivity contribution in [1.29, 1.82) is 0 Å². The van der Waals surface area contributed by atoms with E-state index in [1.807, 2.05) is 56.3 Å². The maximum Gasteiger partial charge on any atom is 0.338 e. The molecule has 206 valence electrons. The predicted molar refractivity (Wildman–Crippen MR) is 155 cm³/mol. The van der Waals surface area contributed by atoms with E-state index in [0.717, 1.165) is 24.0 Å². The van der Waals surface area contributed by atoms with Crippen LogP contribution in [-0.2, 0) is 15.3 Å². The number of hydrogen-bond acceptors (Lipinski definition) is 8. The van der Waals surface area contributed by atoms with Crippen LogP contribution >= 0.6 is 23.4 Å². The molecule has 0 fully saturated rings. The highest BCUT2D eigenvalue weighted by Crippen LogP contribution is 2.40. The molecule has 4 rings (SSSR count). The normalized spacial score (nSPS) is 14.4. The first-order valence-electron chi connectivity index (χ1n) is 12.9. The minimum atomic E-state index is -0.593. The molecule has 39 heavy (non-hydrogen) atoms. The standard InChI is InChI=1S/C29H33ClN4O4S/c1-5-8-16-37-23-14-13-20(17-24(23)36-7-3)26-25(27(35)38-15-6-2)19(4)31-28-32-29(33-34(26)28)39-18-21-11-9-10-12-22(21)30/h6,9-14,17,26H,2,5,7-8,15-16,18H2,1,3-4H3,(H,31,32,33). The van der Waals surface area contributed by atoms with E-state index in [9.17, 15) is 4.79 Å². The summed E-state index contributed by atoms with van der Waals surface area (Å²) >= 11 is 7.81. The van der Waals surface area contributed by atoms with E-state index in [1.165, 1.54) is 11.8 Å². The van der Waals surface area contributed by atoms with E-state index in [2.05, 4.69) is 18.8 Å². The molecular weight excluding hydrogens is 536 g/mol. The number of allylic oxidation sites excluding steroid dienone is 1. The van der Waals surface area contributed by atoms with Crippen LogP contribution < -0.4 is 14.8 Å². The van der Waals surface area contributed by atoms with Gasteiger partial charge in [0.2, 0.25) is 11.1 Å². The summed E-state index contributed by atoms with van der Waals surface area (Å²) < 4.78 is 19.1. The average Bonchev–Trinajstić information content (AvgIpc) is 3.34. The molecule has 1 unspecified atom stereocenters. The van der Waals surface area contributed by atoms with Gasteiger partial charge in [-0.2, -0.15) is 4.98 Å². The highest BCUT2D eigenvalue weighted by atomic mass is 35.5. The lowest BCUT2D eigenvalue weighted by atomic mass is 9.95. The van der Waals surface area contributed by atoms with Crippen LogP contribution in [0.3, 0.4) is 0 Å². The molecule has 1 aliphatic heterocycles. The first-order chi connectivity index (χ1) is 19.0. The Morgan fingerprint density at radius 1 is 1.21 bits per heavy atom. The second kappa shape index (κ2) is 13.6. The Kier molecular flexibility index (Phi) is 9.95. The fourth-order valence-corrected chi connectivity index (χ4v) is 5.26. The topological polar surface area (TPSA) is 87.5 Å². The third kappa shape index (κ3) is 6.78. The van der Waals surface area contributed by atoms with E-state index in [4.69, 9.17) is 35.9 Å². The zero-order valence-electron chi connectivity index (χ0n) is 22.4. The number of fused-ring (bicyclic) bond motifs is 1. The van der Waals surface area contributed by atoms with Gasteiger partial charge in [-0.25, -0.2) is 9.48 Å². The molecule has 0 bridgehead atoms. The second-order valence-corrected chi connectivity index (χ2v) is 10.2. The second-order valence-electron chi connectivity index (χ2n) is 8.84. The molecule has 0 amide bonds. The van der Waals surface area contributed by atoms with Crippen LogP contribution in [0, 0.1) is 0 Å². The number of benzene rings is 2. The van der Waals surface area contributed by atoms with Crippen LogP contribution in [0.4, 0.5) is 5.95 Å². The summed E-state index contributed by atoms with van der Waals surface area (Å²) in [4.78, 5) is 18.0. The number of rotatable bonds is 13. The van der Waals surface area contributed by atoms with Gasteiger partial charge in [0, 0.05) is 16.5 Å². The summed E-state index contributed by atoms with van der Waals surface area (Å²) in [5.41, 5.74) is 2.85. The van der Waals surface area contributed by atoms with Crippen molar-refractivity contribution in [2.45, 2.75) is 50.6 Å². The van der Waals surface area contributed by atoms with Crippen molar-refractivity contribution in [3.63, 3.8) is 0 Å². The van der Waals surface area contributed by atoms with Gasteiger partial charge in [0.25, 0.3) is 0 Å². The fourth-order valence-electron chi connectivity index (χ4n) is 4.14. The van der Waals surface area contributed by atoms with Gasteiger partial charge >= 0.3 is 5.97 Å².